The third-order valence-electron chi connectivity index (χ3n) is 3.79. The minimum Gasteiger partial charge on any atom is -0.484 e. The lowest BCUT2D eigenvalue weighted by Gasteiger charge is -2.32. The van der Waals surface area contributed by atoms with Crippen LogP contribution in [0.2, 0.25) is 0 Å². The lowest BCUT2D eigenvalue weighted by atomic mass is 10.2. The van der Waals surface area contributed by atoms with E-state index >= 15 is 0 Å². The highest BCUT2D eigenvalue weighted by molar-refractivity contribution is 5.80. The molecule has 0 spiro atoms. The molecule has 1 amide bonds. The highest BCUT2D eigenvalue weighted by atomic mass is 16.5. The van der Waals surface area contributed by atoms with Gasteiger partial charge in [0.2, 0.25) is 0 Å². The van der Waals surface area contributed by atoms with Gasteiger partial charge in [0, 0.05) is 37.8 Å². The van der Waals surface area contributed by atoms with E-state index < -0.39 is 0 Å². The van der Waals surface area contributed by atoms with Gasteiger partial charge in [0.1, 0.15) is 5.75 Å². The van der Waals surface area contributed by atoms with Crippen LogP contribution in [-0.2, 0) is 4.79 Å². The first-order valence-corrected chi connectivity index (χ1v) is 7.16. The van der Waals surface area contributed by atoms with Crippen molar-refractivity contribution in [2.24, 2.45) is 0 Å². The zero-order valence-electron chi connectivity index (χ0n) is 12.2. The Kier molecular flexibility index (Phi) is 4.01. The van der Waals surface area contributed by atoms with Crippen molar-refractivity contribution < 1.29 is 9.53 Å². The molecule has 110 valence electrons. The van der Waals surface area contributed by atoms with Gasteiger partial charge < -0.3 is 14.5 Å². The fourth-order valence-electron chi connectivity index (χ4n) is 2.44. The molecule has 1 aromatic heterocycles. The Morgan fingerprint density at radius 3 is 2.86 bits per heavy atom. The van der Waals surface area contributed by atoms with Crippen LogP contribution >= 0.6 is 0 Å². The summed E-state index contributed by atoms with van der Waals surface area (Å²) in [6.45, 7) is 3.50. The number of likely N-dealkylation sites (N-methyl/N-ethyl adjacent to an activating group) is 1. The lowest BCUT2D eigenvalue weighted by Crippen LogP contribution is -2.48. The molecule has 3 rings (SSSR count). The minimum atomic E-state index is 0.0504. The van der Waals surface area contributed by atoms with Gasteiger partial charge in [-0.05, 0) is 31.3 Å². The van der Waals surface area contributed by atoms with Gasteiger partial charge in [-0.1, -0.05) is 6.07 Å². The van der Waals surface area contributed by atoms with Gasteiger partial charge in [-0.25, -0.2) is 0 Å². The van der Waals surface area contributed by atoms with E-state index in [9.17, 15) is 4.79 Å². The number of ether oxygens (including phenoxy) is 1. The van der Waals surface area contributed by atoms with E-state index in [0.717, 1.165) is 37.1 Å². The molecule has 2 heterocycles. The molecule has 0 atom stereocenters. The fourth-order valence-corrected chi connectivity index (χ4v) is 2.44. The summed E-state index contributed by atoms with van der Waals surface area (Å²) in [5.74, 6) is 0.757. The van der Waals surface area contributed by atoms with Crippen molar-refractivity contribution in [2.45, 2.75) is 0 Å². The largest absolute Gasteiger partial charge is 0.484 e. The van der Waals surface area contributed by atoms with Gasteiger partial charge in [0.05, 0.1) is 5.52 Å². The Morgan fingerprint density at radius 1 is 1.24 bits per heavy atom. The van der Waals surface area contributed by atoms with Crippen LogP contribution in [0.5, 0.6) is 5.75 Å². The van der Waals surface area contributed by atoms with Crippen molar-refractivity contribution in [3.05, 3.63) is 36.5 Å². The minimum absolute atomic E-state index is 0.0504. The van der Waals surface area contributed by atoms with Crippen LogP contribution in [0, 0.1) is 0 Å². The van der Waals surface area contributed by atoms with Crippen molar-refractivity contribution in [3.63, 3.8) is 0 Å². The lowest BCUT2D eigenvalue weighted by molar-refractivity contribution is -0.134. The number of hydrogen-bond donors (Lipinski definition) is 0. The molecule has 1 saturated heterocycles. The number of aromatic nitrogens is 1. The van der Waals surface area contributed by atoms with Crippen molar-refractivity contribution in [1.29, 1.82) is 0 Å². The molecule has 0 aliphatic carbocycles. The average molecular weight is 285 g/mol. The molecule has 0 radical (unpaired) electrons. The Morgan fingerprint density at radius 2 is 2.05 bits per heavy atom. The molecule has 1 aliphatic rings. The number of fused-ring (bicyclic) bond motifs is 1. The highest BCUT2D eigenvalue weighted by Crippen LogP contribution is 2.18. The van der Waals surface area contributed by atoms with Gasteiger partial charge in [-0.3, -0.25) is 9.78 Å². The Labute approximate surface area is 124 Å². The number of carbonyl (C=O) groups is 1. The van der Waals surface area contributed by atoms with Crippen LogP contribution in [0.25, 0.3) is 10.9 Å². The molecule has 0 bridgehead atoms. The van der Waals surface area contributed by atoms with Gasteiger partial charge in [0.25, 0.3) is 5.91 Å². The predicted molar refractivity (Wildman–Crippen MR) is 81.3 cm³/mol. The summed E-state index contributed by atoms with van der Waals surface area (Å²) in [5.41, 5.74) is 0.926. The number of piperazine rings is 1. The number of hydrogen-bond acceptors (Lipinski definition) is 4. The Hall–Kier alpha value is -2.14. The fraction of sp³-hybridized carbons (Fsp3) is 0.375. The molecule has 5 heteroatoms. The first kappa shape index (κ1) is 13.8. The summed E-state index contributed by atoms with van der Waals surface area (Å²) in [4.78, 5) is 20.5. The molecule has 0 N–H and O–H groups in total. The molecule has 1 aromatic carbocycles. The second-order valence-electron chi connectivity index (χ2n) is 5.33. The van der Waals surface area contributed by atoms with Crippen LogP contribution in [-0.4, -0.2) is 60.5 Å². The van der Waals surface area contributed by atoms with Gasteiger partial charge >= 0.3 is 0 Å². The van der Waals surface area contributed by atoms with Gasteiger partial charge in [-0.15, -0.1) is 0 Å². The summed E-state index contributed by atoms with van der Waals surface area (Å²) in [5, 5.41) is 1.02. The zero-order valence-corrected chi connectivity index (χ0v) is 12.2. The van der Waals surface area contributed by atoms with E-state index in [-0.39, 0.29) is 12.5 Å². The molecule has 0 unspecified atom stereocenters. The van der Waals surface area contributed by atoms with Crippen molar-refractivity contribution in [1.82, 2.24) is 14.8 Å². The maximum absolute atomic E-state index is 12.1. The number of amides is 1. The third-order valence-corrected chi connectivity index (χ3v) is 3.79. The molecule has 1 fully saturated rings. The smallest absolute Gasteiger partial charge is 0.260 e. The SMILES string of the molecule is CN1CCN(C(=O)COc2ccc3ncccc3c2)CC1. The monoisotopic (exact) mass is 285 g/mol. The quantitative estimate of drug-likeness (QED) is 0.855. The number of nitrogens with zero attached hydrogens (tertiary/aromatic N) is 3. The van der Waals surface area contributed by atoms with E-state index in [2.05, 4.69) is 16.9 Å². The molecular weight excluding hydrogens is 266 g/mol. The van der Waals surface area contributed by atoms with Gasteiger partial charge in [0.15, 0.2) is 6.61 Å². The summed E-state index contributed by atoms with van der Waals surface area (Å²) in [6, 6.07) is 9.55. The molecule has 5 nitrogen and oxygen atoms in total. The first-order valence-electron chi connectivity index (χ1n) is 7.16. The summed E-state index contributed by atoms with van der Waals surface area (Å²) in [7, 11) is 2.07. The normalized spacial score (nSPS) is 16.1. The summed E-state index contributed by atoms with van der Waals surface area (Å²) in [6.07, 6.45) is 1.76. The van der Waals surface area contributed by atoms with E-state index in [4.69, 9.17) is 4.74 Å². The second-order valence-corrected chi connectivity index (χ2v) is 5.33. The van der Waals surface area contributed by atoms with E-state index in [1.54, 1.807) is 6.20 Å². The molecule has 1 aliphatic heterocycles. The maximum atomic E-state index is 12.1. The third kappa shape index (κ3) is 3.31. The van der Waals surface area contributed by atoms with Crippen LogP contribution in [0.3, 0.4) is 0 Å². The standard InChI is InChI=1S/C16H19N3O2/c1-18-7-9-19(10-8-18)16(20)12-21-14-4-5-15-13(11-14)3-2-6-17-15/h2-6,11H,7-10,12H2,1H3. The Bertz CT molecular complexity index is 636. The summed E-state index contributed by atoms with van der Waals surface area (Å²) >= 11 is 0. The van der Waals surface area contributed by atoms with Crippen LogP contribution in [0.1, 0.15) is 0 Å². The molecule has 2 aromatic rings. The molecule has 0 saturated carbocycles. The van der Waals surface area contributed by atoms with E-state index in [1.807, 2.05) is 35.2 Å². The topological polar surface area (TPSA) is 45.7 Å². The molecule has 21 heavy (non-hydrogen) atoms. The van der Waals surface area contributed by atoms with Gasteiger partial charge in [-0.2, -0.15) is 0 Å². The van der Waals surface area contributed by atoms with Crippen LogP contribution in [0.4, 0.5) is 0 Å². The number of rotatable bonds is 3. The number of carbonyl (C=O) groups excluding carboxylic acids is 1. The highest BCUT2D eigenvalue weighted by Gasteiger charge is 2.19. The second kappa shape index (κ2) is 6.10. The van der Waals surface area contributed by atoms with Crippen molar-refractivity contribution >= 4 is 16.8 Å². The van der Waals surface area contributed by atoms with Crippen molar-refractivity contribution in [2.75, 3.05) is 39.8 Å². The number of benzene rings is 1. The first-order chi connectivity index (χ1) is 10.2. The average Bonchev–Trinajstić information content (AvgIpc) is 2.53. The summed E-state index contributed by atoms with van der Waals surface area (Å²) < 4.78 is 5.62. The van der Waals surface area contributed by atoms with E-state index in [0.29, 0.717) is 5.75 Å². The van der Waals surface area contributed by atoms with Crippen LogP contribution < -0.4 is 4.74 Å². The van der Waals surface area contributed by atoms with Crippen molar-refractivity contribution in [3.8, 4) is 5.75 Å². The number of pyridine rings is 1. The van der Waals surface area contributed by atoms with Crippen LogP contribution in [0.15, 0.2) is 36.5 Å². The predicted octanol–water partition coefficient (Wildman–Crippen LogP) is 1.39. The maximum Gasteiger partial charge on any atom is 0.260 e. The Balaban J connectivity index is 1.59. The molecular formula is C16H19N3O2. The van der Waals surface area contributed by atoms with E-state index in [1.165, 1.54) is 0 Å². The zero-order chi connectivity index (χ0) is 14.7.